The van der Waals surface area contributed by atoms with E-state index in [1.165, 1.54) is 0 Å². The van der Waals surface area contributed by atoms with Crippen molar-refractivity contribution in [3.05, 3.63) is 69.6 Å². The van der Waals surface area contributed by atoms with E-state index < -0.39 is 0 Å². The van der Waals surface area contributed by atoms with Crippen LogP contribution in [-0.2, 0) is 17.8 Å². The number of benzene rings is 1. The molecule has 2 aromatic rings. The molecule has 18 heavy (non-hydrogen) atoms. The largest absolute Gasteiger partial charge is 0.311 e. The minimum absolute atomic E-state index is 0.0262. The van der Waals surface area contributed by atoms with Crippen molar-refractivity contribution in [1.29, 1.82) is 0 Å². The molecule has 0 aliphatic heterocycles. The van der Waals surface area contributed by atoms with E-state index in [0.29, 0.717) is 13.0 Å². The standard InChI is InChI=1S/C15H15NO2/c1-12-4-3-8-16(15(12)18)11-14-6-2-5-13(10-14)7-9-17/h2-6,8-10H,7,11H2,1H3. The van der Waals surface area contributed by atoms with Gasteiger partial charge in [0, 0.05) is 18.2 Å². The lowest BCUT2D eigenvalue weighted by Gasteiger charge is -2.07. The molecule has 92 valence electrons. The first kappa shape index (κ1) is 12.3. The number of rotatable bonds is 4. The molecule has 0 spiro atoms. The zero-order valence-corrected chi connectivity index (χ0v) is 10.3. The van der Waals surface area contributed by atoms with Crippen molar-refractivity contribution in [1.82, 2.24) is 4.57 Å². The van der Waals surface area contributed by atoms with Gasteiger partial charge in [-0.05, 0) is 24.1 Å². The summed E-state index contributed by atoms with van der Waals surface area (Å²) in [7, 11) is 0. The Labute approximate surface area is 106 Å². The van der Waals surface area contributed by atoms with Crippen molar-refractivity contribution in [3.63, 3.8) is 0 Å². The monoisotopic (exact) mass is 241 g/mol. The Hall–Kier alpha value is -2.16. The summed E-state index contributed by atoms with van der Waals surface area (Å²) in [5, 5.41) is 0. The fraction of sp³-hybridized carbons (Fsp3) is 0.200. The average Bonchev–Trinajstić information content (AvgIpc) is 2.36. The van der Waals surface area contributed by atoms with Gasteiger partial charge in [0.15, 0.2) is 0 Å². The van der Waals surface area contributed by atoms with Gasteiger partial charge in [0.2, 0.25) is 0 Å². The smallest absolute Gasteiger partial charge is 0.253 e. The number of pyridine rings is 1. The van der Waals surface area contributed by atoms with Crippen molar-refractivity contribution >= 4 is 6.29 Å². The molecule has 0 N–H and O–H groups in total. The number of nitrogens with zero attached hydrogens (tertiary/aromatic N) is 1. The molecule has 0 unspecified atom stereocenters. The molecule has 0 aliphatic rings. The van der Waals surface area contributed by atoms with Crippen molar-refractivity contribution in [3.8, 4) is 0 Å². The number of hydrogen-bond donors (Lipinski definition) is 0. The van der Waals surface area contributed by atoms with Crippen LogP contribution in [0.25, 0.3) is 0 Å². The van der Waals surface area contributed by atoms with Crippen LogP contribution in [-0.4, -0.2) is 10.9 Å². The summed E-state index contributed by atoms with van der Waals surface area (Å²) in [5.41, 5.74) is 2.77. The van der Waals surface area contributed by atoms with Gasteiger partial charge in [0.1, 0.15) is 6.29 Å². The highest BCUT2D eigenvalue weighted by molar-refractivity contribution is 5.55. The molecule has 3 heteroatoms. The molecule has 0 atom stereocenters. The van der Waals surface area contributed by atoms with Crippen LogP contribution in [0.15, 0.2) is 47.4 Å². The molecule has 0 saturated carbocycles. The van der Waals surface area contributed by atoms with Gasteiger partial charge in [-0.1, -0.05) is 30.3 Å². The first-order valence-electron chi connectivity index (χ1n) is 5.88. The highest BCUT2D eigenvalue weighted by atomic mass is 16.1. The third kappa shape index (κ3) is 2.74. The Balaban J connectivity index is 2.28. The van der Waals surface area contributed by atoms with Gasteiger partial charge in [-0.3, -0.25) is 4.79 Å². The Morgan fingerprint density at radius 2 is 1.94 bits per heavy atom. The van der Waals surface area contributed by atoms with Crippen molar-refractivity contribution in [2.75, 3.05) is 0 Å². The number of hydrogen-bond acceptors (Lipinski definition) is 2. The Morgan fingerprint density at radius 3 is 2.72 bits per heavy atom. The number of aldehydes is 1. The predicted molar refractivity (Wildman–Crippen MR) is 70.8 cm³/mol. The number of carbonyl (C=O) groups is 1. The summed E-state index contributed by atoms with van der Waals surface area (Å²) in [4.78, 5) is 22.4. The SMILES string of the molecule is Cc1cccn(Cc2cccc(CC=O)c2)c1=O. The molecule has 0 aliphatic carbocycles. The highest BCUT2D eigenvalue weighted by Gasteiger charge is 2.01. The van der Waals surface area contributed by atoms with Gasteiger partial charge in [0.05, 0.1) is 6.54 Å². The second-order valence-corrected chi connectivity index (χ2v) is 4.31. The van der Waals surface area contributed by atoms with Crippen LogP contribution >= 0.6 is 0 Å². The second kappa shape index (κ2) is 5.45. The second-order valence-electron chi connectivity index (χ2n) is 4.31. The average molecular weight is 241 g/mol. The lowest BCUT2D eigenvalue weighted by atomic mass is 10.1. The first-order chi connectivity index (χ1) is 8.70. The van der Waals surface area contributed by atoms with Crippen LogP contribution in [0.2, 0.25) is 0 Å². The Morgan fingerprint density at radius 1 is 1.17 bits per heavy atom. The van der Waals surface area contributed by atoms with E-state index in [1.807, 2.05) is 43.3 Å². The quantitative estimate of drug-likeness (QED) is 0.767. The molecule has 0 bridgehead atoms. The summed E-state index contributed by atoms with van der Waals surface area (Å²) in [5.74, 6) is 0. The summed E-state index contributed by atoms with van der Waals surface area (Å²) < 4.78 is 1.68. The molecule has 0 radical (unpaired) electrons. The van der Waals surface area contributed by atoms with Gasteiger partial charge in [-0.15, -0.1) is 0 Å². The maximum Gasteiger partial charge on any atom is 0.253 e. The summed E-state index contributed by atoms with van der Waals surface area (Å²) in [6.07, 6.45) is 3.08. The molecule has 1 aromatic heterocycles. The summed E-state index contributed by atoms with van der Waals surface area (Å²) in [6.45, 7) is 2.34. The van der Waals surface area contributed by atoms with E-state index in [9.17, 15) is 9.59 Å². The molecule has 0 saturated heterocycles. The van der Waals surface area contributed by atoms with Crippen molar-refractivity contribution in [2.45, 2.75) is 19.9 Å². The molecule has 2 rings (SSSR count). The van der Waals surface area contributed by atoms with Crippen LogP contribution < -0.4 is 5.56 Å². The highest BCUT2D eigenvalue weighted by Crippen LogP contribution is 2.06. The van der Waals surface area contributed by atoms with Crippen LogP contribution in [0.3, 0.4) is 0 Å². The van der Waals surface area contributed by atoms with E-state index in [1.54, 1.807) is 10.8 Å². The molecular weight excluding hydrogens is 226 g/mol. The molecule has 1 aromatic carbocycles. The Kier molecular flexibility index (Phi) is 3.72. The maximum atomic E-state index is 11.9. The van der Waals surface area contributed by atoms with Gasteiger partial charge in [-0.2, -0.15) is 0 Å². The predicted octanol–water partition coefficient (Wildman–Crippen LogP) is 1.95. The molecular formula is C15H15NO2. The zero-order valence-electron chi connectivity index (χ0n) is 10.3. The lowest BCUT2D eigenvalue weighted by Crippen LogP contribution is -2.21. The first-order valence-corrected chi connectivity index (χ1v) is 5.88. The maximum absolute atomic E-state index is 11.9. The van der Waals surface area contributed by atoms with Gasteiger partial charge in [-0.25, -0.2) is 0 Å². The van der Waals surface area contributed by atoms with Gasteiger partial charge >= 0.3 is 0 Å². The normalized spacial score (nSPS) is 10.3. The van der Waals surface area contributed by atoms with Crippen LogP contribution in [0.4, 0.5) is 0 Å². The van der Waals surface area contributed by atoms with E-state index in [-0.39, 0.29) is 5.56 Å². The van der Waals surface area contributed by atoms with E-state index in [0.717, 1.165) is 23.0 Å². The van der Waals surface area contributed by atoms with Crippen LogP contribution in [0.5, 0.6) is 0 Å². The molecule has 0 fully saturated rings. The van der Waals surface area contributed by atoms with E-state index in [2.05, 4.69) is 0 Å². The summed E-state index contributed by atoms with van der Waals surface area (Å²) >= 11 is 0. The van der Waals surface area contributed by atoms with Crippen LogP contribution in [0.1, 0.15) is 16.7 Å². The van der Waals surface area contributed by atoms with Crippen molar-refractivity contribution in [2.24, 2.45) is 0 Å². The third-order valence-corrected chi connectivity index (χ3v) is 2.87. The van der Waals surface area contributed by atoms with Gasteiger partial charge < -0.3 is 9.36 Å². The van der Waals surface area contributed by atoms with Crippen molar-refractivity contribution < 1.29 is 4.79 Å². The van der Waals surface area contributed by atoms with E-state index >= 15 is 0 Å². The zero-order chi connectivity index (χ0) is 13.0. The number of aromatic nitrogens is 1. The fourth-order valence-electron chi connectivity index (χ4n) is 1.93. The molecule has 1 heterocycles. The number of carbonyl (C=O) groups excluding carboxylic acids is 1. The Bertz CT molecular complexity index is 614. The minimum atomic E-state index is 0.0262. The molecule has 0 amide bonds. The lowest BCUT2D eigenvalue weighted by molar-refractivity contribution is -0.107. The van der Waals surface area contributed by atoms with Crippen LogP contribution in [0, 0.1) is 6.92 Å². The summed E-state index contributed by atoms with van der Waals surface area (Å²) in [6, 6.07) is 11.4. The minimum Gasteiger partial charge on any atom is -0.311 e. The molecule has 3 nitrogen and oxygen atoms in total. The third-order valence-electron chi connectivity index (χ3n) is 2.87. The van der Waals surface area contributed by atoms with Gasteiger partial charge in [0.25, 0.3) is 5.56 Å². The topological polar surface area (TPSA) is 39.1 Å². The fourth-order valence-corrected chi connectivity index (χ4v) is 1.93. The number of aryl methyl sites for hydroxylation is 1. The van der Waals surface area contributed by atoms with E-state index in [4.69, 9.17) is 0 Å².